The first-order valence-electron chi connectivity index (χ1n) is 5.54. The second kappa shape index (κ2) is 4.48. The van der Waals surface area contributed by atoms with Gasteiger partial charge in [-0.05, 0) is 26.0 Å². The van der Waals surface area contributed by atoms with Gasteiger partial charge in [0, 0.05) is 18.4 Å². The van der Waals surface area contributed by atoms with Crippen LogP contribution in [0.15, 0.2) is 23.1 Å². The SMILES string of the molecule is CCNn1cc(C(=O)O)c(=O)c2ccc(C)nc21. The molecule has 2 N–H and O–H groups in total. The van der Waals surface area contributed by atoms with Crippen LogP contribution in [0.5, 0.6) is 0 Å². The molecule has 0 aliphatic rings. The second-order valence-corrected chi connectivity index (χ2v) is 3.88. The Bertz CT molecular complexity index is 676. The Morgan fingerprint density at radius 1 is 1.50 bits per heavy atom. The van der Waals surface area contributed by atoms with Crippen LogP contribution in [0.4, 0.5) is 0 Å². The normalized spacial score (nSPS) is 10.6. The topological polar surface area (TPSA) is 84.2 Å². The average molecular weight is 247 g/mol. The summed E-state index contributed by atoms with van der Waals surface area (Å²) in [6.45, 7) is 4.28. The van der Waals surface area contributed by atoms with Crippen molar-refractivity contribution < 1.29 is 9.90 Å². The van der Waals surface area contributed by atoms with Gasteiger partial charge in [0.25, 0.3) is 0 Å². The van der Waals surface area contributed by atoms with E-state index in [2.05, 4.69) is 10.4 Å². The summed E-state index contributed by atoms with van der Waals surface area (Å²) >= 11 is 0. The van der Waals surface area contributed by atoms with Crippen molar-refractivity contribution in [2.24, 2.45) is 0 Å². The maximum Gasteiger partial charge on any atom is 0.341 e. The Hall–Kier alpha value is -2.37. The predicted octanol–water partition coefficient (Wildman–Crippen LogP) is 0.967. The lowest BCUT2D eigenvalue weighted by Gasteiger charge is -2.12. The monoisotopic (exact) mass is 247 g/mol. The molecule has 0 aliphatic heterocycles. The van der Waals surface area contributed by atoms with Crippen LogP contribution < -0.4 is 10.9 Å². The first kappa shape index (κ1) is 12.1. The highest BCUT2D eigenvalue weighted by atomic mass is 16.4. The van der Waals surface area contributed by atoms with Crippen LogP contribution >= 0.6 is 0 Å². The quantitative estimate of drug-likeness (QED) is 0.844. The van der Waals surface area contributed by atoms with Gasteiger partial charge >= 0.3 is 5.97 Å². The number of carboxylic acid groups (broad SMARTS) is 1. The highest BCUT2D eigenvalue weighted by Gasteiger charge is 2.15. The van der Waals surface area contributed by atoms with Crippen molar-refractivity contribution in [2.45, 2.75) is 13.8 Å². The number of carbonyl (C=O) groups is 1. The average Bonchev–Trinajstić information content (AvgIpc) is 2.32. The fourth-order valence-electron chi connectivity index (χ4n) is 1.74. The van der Waals surface area contributed by atoms with E-state index in [1.807, 2.05) is 13.8 Å². The molecule has 2 rings (SSSR count). The van der Waals surface area contributed by atoms with Crippen LogP contribution in [-0.2, 0) is 0 Å². The molecular weight excluding hydrogens is 234 g/mol. The Kier molecular flexibility index (Phi) is 3.01. The van der Waals surface area contributed by atoms with Crippen LogP contribution in [0.25, 0.3) is 11.0 Å². The van der Waals surface area contributed by atoms with Crippen molar-refractivity contribution >= 4 is 17.0 Å². The smallest absolute Gasteiger partial charge is 0.341 e. The zero-order valence-corrected chi connectivity index (χ0v) is 10.1. The minimum absolute atomic E-state index is 0.269. The lowest BCUT2D eigenvalue weighted by atomic mass is 10.2. The van der Waals surface area contributed by atoms with Gasteiger partial charge in [-0.15, -0.1) is 0 Å². The summed E-state index contributed by atoms with van der Waals surface area (Å²) in [6.07, 6.45) is 1.27. The van der Waals surface area contributed by atoms with Gasteiger partial charge in [-0.1, -0.05) is 0 Å². The number of nitrogens with zero attached hydrogens (tertiary/aromatic N) is 2. The van der Waals surface area contributed by atoms with E-state index in [9.17, 15) is 9.59 Å². The van der Waals surface area contributed by atoms with Gasteiger partial charge < -0.3 is 10.5 Å². The van der Waals surface area contributed by atoms with Gasteiger partial charge in [-0.25, -0.2) is 14.5 Å². The number of hydrogen-bond acceptors (Lipinski definition) is 4. The summed E-state index contributed by atoms with van der Waals surface area (Å²) in [7, 11) is 0. The predicted molar refractivity (Wildman–Crippen MR) is 67.6 cm³/mol. The van der Waals surface area contributed by atoms with Gasteiger partial charge in [0.1, 0.15) is 5.56 Å². The highest BCUT2D eigenvalue weighted by Crippen LogP contribution is 2.09. The molecule has 0 fully saturated rings. The third-order valence-electron chi connectivity index (χ3n) is 2.55. The fraction of sp³-hybridized carbons (Fsp3) is 0.250. The lowest BCUT2D eigenvalue weighted by molar-refractivity contribution is 0.0695. The van der Waals surface area contributed by atoms with Crippen LogP contribution in [0, 0.1) is 6.92 Å². The number of fused-ring (bicyclic) bond motifs is 1. The van der Waals surface area contributed by atoms with Crippen LogP contribution in [-0.4, -0.2) is 27.3 Å². The number of aromatic nitrogens is 2. The first-order valence-corrected chi connectivity index (χ1v) is 5.54. The maximum absolute atomic E-state index is 12.0. The number of nitrogens with one attached hydrogen (secondary N) is 1. The molecule has 0 saturated heterocycles. The van der Waals surface area contributed by atoms with Crippen molar-refractivity contribution in [3.05, 3.63) is 39.8 Å². The van der Waals surface area contributed by atoms with Crippen LogP contribution in [0.3, 0.4) is 0 Å². The third-order valence-corrected chi connectivity index (χ3v) is 2.55. The lowest BCUT2D eigenvalue weighted by Crippen LogP contribution is -2.24. The molecule has 0 saturated carbocycles. The number of rotatable bonds is 3. The Morgan fingerprint density at radius 3 is 2.83 bits per heavy atom. The molecule has 6 heteroatoms. The van der Waals surface area contributed by atoms with Gasteiger partial charge in [0.05, 0.1) is 5.39 Å². The summed E-state index contributed by atoms with van der Waals surface area (Å²) in [4.78, 5) is 27.3. The van der Waals surface area contributed by atoms with Crippen molar-refractivity contribution in [3.8, 4) is 0 Å². The summed E-state index contributed by atoms with van der Waals surface area (Å²) in [5.74, 6) is -1.24. The molecule has 2 heterocycles. The molecule has 18 heavy (non-hydrogen) atoms. The summed E-state index contributed by atoms with van der Waals surface area (Å²) in [6, 6.07) is 3.28. The zero-order chi connectivity index (χ0) is 13.3. The third kappa shape index (κ3) is 1.92. The maximum atomic E-state index is 12.0. The molecule has 0 spiro atoms. The number of pyridine rings is 2. The fourth-order valence-corrected chi connectivity index (χ4v) is 1.74. The minimum Gasteiger partial charge on any atom is -0.477 e. The first-order chi connectivity index (χ1) is 8.54. The number of carboxylic acids is 1. The van der Waals surface area contributed by atoms with Gasteiger partial charge in [-0.3, -0.25) is 4.79 Å². The van der Waals surface area contributed by atoms with E-state index in [0.717, 1.165) is 5.69 Å². The van der Waals surface area contributed by atoms with E-state index in [-0.39, 0.29) is 5.56 Å². The van der Waals surface area contributed by atoms with E-state index in [1.54, 1.807) is 12.1 Å². The van der Waals surface area contributed by atoms with Gasteiger partial charge in [0.2, 0.25) is 5.43 Å². The molecular formula is C12H13N3O3. The van der Waals surface area contributed by atoms with Crippen LogP contribution in [0.1, 0.15) is 23.0 Å². The van der Waals surface area contributed by atoms with Crippen molar-refractivity contribution in [2.75, 3.05) is 12.0 Å². The van der Waals surface area contributed by atoms with Gasteiger partial charge in [0.15, 0.2) is 5.65 Å². The Labute approximate surface area is 103 Å². The summed E-state index contributed by atoms with van der Waals surface area (Å²) < 4.78 is 1.48. The Balaban J connectivity index is 2.87. The molecule has 0 atom stereocenters. The number of aromatic carboxylic acids is 1. The Morgan fingerprint density at radius 2 is 2.22 bits per heavy atom. The van der Waals surface area contributed by atoms with E-state index in [0.29, 0.717) is 17.6 Å². The van der Waals surface area contributed by atoms with E-state index < -0.39 is 11.4 Å². The minimum atomic E-state index is -1.24. The molecule has 0 amide bonds. The summed E-state index contributed by atoms with van der Waals surface area (Å²) in [5.41, 5.74) is 3.37. The molecule has 2 aromatic rings. The molecule has 6 nitrogen and oxygen atoms in total. The molecule has 0 radical (unpaired) electrons. The van der Waals surface area contributed by atoms with Crippen molar-refractivity contribution in [3.63, 3.8) is 0 Å². The largest absolute Gasteiger partial charge is 0.477 e. The molecule has 0 unspecified atom stereocenters. The van der Waals surface area contributed by atoms with E-state index >= 15 is 0 Å². The van der Waals surface area contributed by atoms with Crippen molar-refractivity contribution in [1.29, 1.82) is 0 Å². The molecule has 2 aromatic heterocycles. The second-order valence-electron chi connectivity index (χ2n) is 3.88. The molecule has 94 valence electrons. The van der Waals surface area contributed by atoms with Crippen molar-refractivity contribution in [1.82, 2.24) is 9.66 Å². The van der Waals surface area contributed by atoms with E-state index in [4.69, 9.17) is 5.11 Å². The number of aryl methyl sites for hydroxylation is 1. The van der Waals surface area contributed by atoms with E-state index in [1.165, 1.54) is 10.9 Å². The number of hydrogen-bond donors (Lipinski definition) is 2. The summed E-state index contributed by atoms with van der Waals surface area (Å²) in [5, 5.41) is 9.30. The highest BCUT2D eigenvalue weighted by molar-refractivity contribution is 5.91. The molecule has 0 aliphatic carbocycles. The standard InChI is InChI=1S/C12H13N3O3/c1-3-13-15-6-9(12(17)18)10(16)8-5-4-7(2)14-11(8)15/h4-6,13H,3H2,1-2H3,(H,17,18). The van der Waals surface area contributed by atoms with Crippen LogP contribution in [0.2, 0.25) is 0 Å². The zero-order valence-electron chi connectivity index (χ0n) is 10.1. The molecule has 0 bridgehead atoms. The van der Waals surface area contributed by atoms with Gasteiger partial charge in [-0.2, -0.15) is 0 Å². The molecule has 0 aromatic carbocycles.